The number of amides is 1. The molecule has 0 saturated heterocycles. The van der Waals surface area contributed by atoms with Gasteiger partial charge in [-0.3, -0.25) is 4.79 Å². The first kappa shape index (κ1) is 16.0. The van der Waals surface area contributed by atoms with E-state index in [2.05, 4.69) is 15.9 Å². The summed E-state index contributed by atoms with van der Waals surface area (Å²) in [5.41, 5.74) is 6.79. The van der Waals surface area contributed by atoms with Crippen molar-refractivity contribution in [1.82, 2.24) is 4.90 Å². The van der Waals surface area contributed by atoms with E-state index in [1.54, 1.807) is 4.90 Å². The topological polar surface area (TPSA) is 55.6 Å². The monoisotopic (exact) mass is 328 g/mol. The Bertz CT molecular complexity index is 431. The summed E-state index contributed by atoms with van der Waals surface area (Å²) >= 11 is 3.39. The quantitative estimate of drug-likeness (QED) is 0.873. The van der Waals surface area contributed by atoms with Crippen LogP contribution in [0.4, 0.5) is 0 Å². The number of hydrogen-bond donors (Lipinski definition) is 1. The zero-order valence-electron chi connectivity index (χ0n) is 11.6. The van der Waals surface area contributed by atoms with Crippen molar-refractivity contribution in [3.63, 3.8) is 0 Å². The number of nitrogens with two attached hydrogens (primary N) is 1. The SMILES string of the molecule is CCN(CC)C(=O)COc1cc(Br)ccc1[C@@H](C)N. The average Bonchev–Trinajstić information content (AvgIpc) is 2.37. The first-order valence-corrected chi connectivity index (χ1v) is 7.24. The smallest absolute Gasteiger partial charge is 0.260 e. The maximum atomic E-state index is 11.9. The fraction of sp³-hybridized carbons (Fsp3) is 0.500. The van der Waals surface area contributed by atoms with Crippen molar-refractivity contribution in [2.24, 2.45) is 5.73 Å². The highest BCUT2D eigenvalue weighted by atomic mass is 79.9. The maximum Gasteiger partial charge on any atom is 0.260 e. The van der Waals surface area contributed by atoms with Crippen LogP contribution >= 0.6 is 15.9 Å². The average molecular weight is 329 g/mol. The van der Waals surface area contributed by atoms with Crippen LogP contribution in [0.25, 0.3) is 0 Å². The van der Waals surface area contributed by atoms with E-state index < -0.39 is 0 Å². The van der Waals surface area contributed by atoms with Crippen LogP contribution < -0.4 is 10.5 Å². The van der Waals surface area contributed by atoms with Gasteiger partial charge in [0.15, 0.2) is 6.61 Å². The normalized spacial score (nSPS) is 12.1. The number of carbonyl (C=O) groups excluding carboxylic acids is 1. The zero-order valence-corrected chi connectivity index (χ0v) is 13.2. The van der Waals surface area contributed by atoms with Crippen molar-refractivity contribution in [1.29, 1.82) is 0 Å². The lowest BCUT2D eigenvalue weighted by molar-refractivity contribution is -0.132. The molecule has 0 bridgehead atoms. The molecule has 0 heterocycles. The standard InChI is InChI=1S/C14H21BrN2O2/c1-4-17(5-2)14(18)9-19-13-8-11(15)6-7-12(13)10(3)16/h6-8,10H,4-5,9,16H2,1-3H3/t10-/m1/s1. The predicted molar refractivity (Wildman–Crippen MR) is 80.2 cm³/mol. The van der Waals surface area contributed by atoms with Gasteiger partial charge in [0.25, 0.3) is 5.91 Å². The third-order valence-corrected chi connectivity index (χ3v) is 3.43. The number of rotatable bonds is 6. The maximum absolute atomic E-state index is 11.9. The van der Waals surface area contributed by atoms with Gasteiger partial charge in [-0.05, 0) is 32.9 Å². The Kier molecular flexibility index (Phi) is 6.31. The van der Waals surface area contributed by atoms with Crippen LogP contribution in [-0.2, 0) is 4.79 Å². The molecule has 1 rings (SSSR count). The third-order valence-electron chi connectivity index (χ3n) is 2.93. The van der Waals surface area contributed by atoms with Crippen LogP contribution in [0.2, 0.25) is 0 Å². The Morgan fingerprint density at radius 1 is 1.42 bits per heavy atom. The number of hydrogen-bond acceptors (Lipinski definition) is 3. The summed E-state index contributed by atoms with van der Waals surface area (Å²) in [5.74, 6) is 0.644. The van der Waals surface area contributed by atoms with E-state index in [4.69, 9.17) is 10.5 Å². The number of benzene rings is 1. The molecule has 1 atom stereocenters. The van der Waals surface area contributed by atoms with Gasteiger partial charge in [-0.15, -0.1) is 0 Å². The second kappa shape index (κ2) is 7.50. The first-order valence-electron chi connectivity index (χ1n) is 6.45. The van der Waals surface area contributed by atoms with Crippen LogP contribution in [0.15, 0.2) is 22.7 Å². The van der Waals surface area contributed by atoms with Crippen molar-refractivity contribution >= 4 is 21.8 Å². The summed E-state index contributed by atoms with van der Waals surface area (Å²) in [6.45, 7) is 7.22. The molecule has 0 aliphatic rings. The Morgan fingerprint density at radius 3 is 2.58 bits per heavy atom. The third kappa shape index (κ3) is 4.51. The molecule has 1 aromatic carbocycles. The van der Waals surface area contributed by atoms with Crippen LogP contribution in [0.1, 0.15) is 32.4 Å². The molecular weight excluding hydrogens is 308 g/mol. The van der Waals surface area contributed by atoms with Crippen LogP contribution in [0.5, 0.6) is 5.75 Å². The minimum Gasteiger partial charge on any atom is -0.483 e. The molecule has 0 aliphatic carbocycles. The lowest BCUT2D eigenvalue weighted by atomic mass is 10.1. The van der Waals surface area contributed by atoms with E-state index in [1.165, 1.54) is 0 Å². The van der Waals surface area contributed by atoms with E-state index in [1.807, 2.05) is 39.0 Å². The molecule has 0 spiro atoms. The van der Waals surface area contributed by atoms with E-state index >= 15 is 0 Å². The van der Waals surface area contributed by atoms with Gasteiger partial charge in [0.05, 0.1) is 0 Å². The van der Waals surface area contributed by atoms with E-state index in [9.17, 15) is 4.79 Å². The Morgan fingerprint density at radius 2 is 2.05 bits per heavy atom. The predicted octanol–water partition coefficient (Wildman–Crippen LogP) is 2.72. The van der Waals surface area contributed by atoms with Crippen molar-refractivity contribution < 1.29 is 9.53 Å². The van der Waals surface area contributed by atoms with Crippen molar-refractivity contribution in [3.8, 4) is 5.75 Å². The zero-order chi connectivity index (χ0) is 14.4. The molecule has 0 fully saturated rings. The molecule has 1 amide bonds. The second-order valence-electron chi connectivity index (χ2n) is 4.33. The second-order valence-corrected chi connectivity index (χ2v) is 5.24. The largest absolute Gasteiger partial charge is 0.483 e. The molecule has 4 nitrogen and oxygen atoms in total. The lowest BCUT2D eigenvalue weighted by Gasteiger charge is -2.20. The van der Waals surface area contributed by atoms with Crippen molar-refractivity contribution in [2.45, 2.75) is 26.8 Å². The highest BCUT2D eigenvalue weighted by molar-refractivity contribution is 9.10. The fourth-order valence-electron chi connectivity index (χ4n) is 1.82. The van der Waals surface area contributed by atoms with Gasteiger partial charge in [-0.1, -0.05) is 22.0 Å². The Labute approximate surface area is 123 Å². The van der Waals surface area contributed by atoms with Crippen molar-refractivity contribution in [3.05, 3.63) is 28.2 Å². The molecule has 19 heavy (non-hydrogen) atoms. The molecule has 0 aliphatic heterocycles. The minimum absolute atomic E-state index is 0.0133. The van der Waals surface area contributed by atoms with Gasteiger partial charge in [0.2, 0.25) is 0 Å². The lowest BCUT2D eigenvalue weighted by Crippen LogP contribution is -2.34. The minimum atomic E-state index is -0.133. The summed E-state index contributed by atoms with van der Waals surface area (Å²) in [6, 6.07) is 5.53. The van der Waals surface area contributed by atoms with Gasteiger partial charge < -0.3 is 15.4 Å². The fourth-order valence-corrected chi connectivity index (χ4v) is 2.16. The molecular formula is C14H21BrN2O2. The summed E-state index contributed by atoms with van der Waals surface area (Å²) in [4.78, 5) is 13.6. The molecule has 1 aromatic rings. The summed E-state index contributed by atoms with van der Waals surface area (Å²) < 4.78 is 6.53. The highest BCUT2D eigenvalue weighted by Crippen LogP contribution is 2.27. The van der Waals surface area contributed by atoms with E-state index in [0.717, 1.165) is 10.0 Å². The number of ether oxygens (including phenoxy) is 1. The Hall–Kier alpha value is -1.07. The van der Waals surface area contributed by atoms with Crippen LogP contribution in [-0.4, -0.2) is 30.5 Å². The van der Waals surface area contributed by atoms with Gasteiger partial charge in [0.1, 0.15) is 5.75 Å². The molecule has 0 aromatic heterocycles. The molecule has 106 valence electrons. The highest BCUT2D eigenvalue weighted by Gasteiger charge is 2.13. The first-order chi connectivity index (χ1) is 8.99. The molecule has 5 heteroatoms. The number of carbonyl (C=O) groups is 1. The number of halogens is 1. The van der Waals surface area contributed by atoms with Gasteiger partial charge in [-0.2, -0.15) is 0 Å². The summed E-state index contributed by atoms with van der Waals surface area (Å²) in [5, 5.41) is 0. The van der Waals surface area contributed by atoms with Gasteiger partial charge >= 0.3 is 0 Å². The molecule has 2 N–H and O–H groups in total. The van der Waals surface area contributed by atoms with Gasteiger partial charge in [0, 0.05) is 29.2 Å². The van der Waals surface area contributed by atoms with Crippen LogP contribution in [0.3, 0.4) is 0 Å². The molecule has 0 unspecified atom stereocenters. The summed E-state index contributed by atoms with van der Waals surface area (Å²) in [7, 11) is 0. The van der Waals surface area contributed by atoms with Crippen molar-refractivity contribution in [2.75, 3.05) is 19.7 Å². The number of likely N-dealkylation sites (N-methyl/N-ethyl adjacent to an activating group) is 1. The van der Waals surface area contributed by atoms with E-state index in [-0.39, 0.29) is 18.6 Å². The summed E-state index contributed by atoms with van der Waals surface area (Å²) in [6.07, 6.45) is 0. The molecule has 0 saturated carbocycles. The molecule has 0 radical (unpaired) electrons. The number of nitrogens with zero attached hydrogens (tertiary/aromatic N) is 1. The Balaban J connectivity index is 2.77. The van der Waals surface area contributed by atoms with Gasteiger partial charge in [-0.25, -0.2) is 0 Å². The van der Waals surface area contributed by atoms with Crippen LogP contribution in [0, 0.1) is 0 Å². The van der Waals surface area contributed by atoms with E-state index in [0.29, 0.717) is 18.8 Å².